The van der Waals surface area contributed by atoms with Gasteiger partial charge in [-0.25, -0.2) is 8.42 Å². The van der Waals surface area contributed by atoms with Crippen molar-refractivity contribution in [1.82, 2.24) is 0 Å². The van der Waals surface area contributed by atoms with Crippen molar-refractivity contribution < 1.29 is 27.4 Å². The molecule has 9 heteroatoms. The van der Waals surface area contributed by atoms with E-state index in [9.17, 15) is 13.2 Å². The van der Waals surface area contributed by atoms with Crippen molar-refractivity contribution in [2.75, 3.05) is 30.7 Å². The lowest BCUT2D eigenvalue weighted by Gasteiger charge is -2.10. The van der Waals surface area contributed by atoms with Crippen LogP contribution in [0.5, 0.6) is 17.2 Å². The second-order valence-corrected chi connectivity index (χ2v) is 8.05. The second-order valence-electron chi connectivity index (χ2n) is 6.04. The standard InChI is InChI=1S/C18H20N2O6S/c1-27(22,23)13-6-4-12(5-7-13)24-8-2-3-18(21)20-15-10-17-16(9-14(15)19)25-11-26-17/h4-7,9-10H,2-3,8,11,19H2,1H3,(H,20,21). The molecule has 0 radical (unpaired) electrons. The van der Waals surface area contributed by atoms with Crippen LogP contribution in [-0.4, -0.2) is 34.0 Å². The van der Waals surface area contributed by atoms with Gasteiger partial charge in [0.25, 0.3) is 0 Å². The molecule has 1 aliphatic rings. The topological polar surface area (TPSA) is 117 Å². The highest BCUT2D eigenvalue weighted by atomic mass is 32.2. The van der Waals surface area contributed by atoms with Gasteiger partial charge in [0, 0.05) is 24.8 Å². The number of nitrogens with one attached hydrogen (secondary N) is 1. The lowest BCUT2D eigenvalue weighted by atomic mass is 10.2. The highest BCUT2D eigenvalue weighted by Crippen LogP contribution is 2.38. The molecule has 2 aromatic carbocycles. The predicted molar refractivity (Wildman–Crippen MR) is 99.9 cm³/mol. The van der Waals surface area contributed by atoms with Crippen LogP contribution in [-0.2, 0) is 14.6 Å². The van der Waals surface area contributed by atoms with Gasteiger partial charge in [0.05, 0.1) is 22.9 Å². The number of fused-ring (bicyclic) bond motifs is 1. The summed E-state index contributed by atoms with van der Waals surface area (Å²) in [5, 5.41) is 2.74. The molecule has 0 aromatic heterocycles. The Morgan fingerprint density at radius 3 is 2.52 bits per heavy atom. The molecular formula is C18H20N2O6S. The van der Waals surface area contributed by atoms with E-state index in [1.54, 1.807) is 24.3 Å². The van der Waals surface area contributed by atoms with Crippen LogP contribution in [0.4, 0.5) is 11.4 Å². The van der Waals surface area contributed by atoms with Crippen molar-refractivity contribution in [3.8, 4) is 17.2 Å². The van der Waals surface area contributed by atoms with E-state index in [0.29, 0.717) is 41.7 Å². The normalized spacial score (nSPS) is 12.6. The van der Waals surface area contributed by atoms with Crippen LogP contribution >= 0.6 is 0 Å². The molecule has 27 heavy (non-hydrogen) atoms. The summed E-state index contributed by atoms with van der Waals surface area (Å²) < 4.78 is 38.8. The van der Waals surface area contributed by atoms with Gasteiger partial charge in [-0.3, -0.25) is 4.79 Å². The van der Waals surface area contributed by atoms with Crippen LogP contribution in [0.2, 0.25) is 0 Å². The van der Waals surface area contributed by atoms with Crippen molar-refractivity contribution in [2.24, 2.45) is 0 Å². The Morgan fingerprint density at radius 1 is 1.19 bits per heavy atom. The van der Waals surface area contributed by atoms with Crippen LogP contribution in [0.25, 0.3) is 0 Å². The van der Waals surface area contributed by atoms with Gasteiger partial charge in [0.1, 0.15) is 5.75 Å². The molecule has 1 heterocycles. The van der Waals surface area contributed by atoms with Crippen LogP contribution < -0.4 is 25.3 Å². The SMILES string of the molecule is CS(=O)(=O)c1ccc(OCCCC(=O)Nc2cc3c(cc2N)OCO3)cc1. The van der Waals surface area contributed by atoms with E-state index in [1.165, 1.54) is 12.1 Å². The van der Waals surface area contributed by atoms with Gasteiger partial charge in [-0.2, -0.15) is 0 Å². The first-order valence-electron chi connectivity index (χ1n) is 8.25. The van der Waals surface area contributed by atoms with Crippen molar-refractivity contribution in [2.45, 2.75) is 17.7 Å². The average Bonchev–Trinajstić information content (AvgIpc) is 3.06. The molecule has 3 rings (SSSR count). The molecule has 0 saturated carbocycles. The van der Waals surface area contributed by atoms with Crippen molar-refractivity contribution in [3.05, 3.63) is 36.4 Å². The predicted octanol–water partition coefficient (Wildman–Crippen LogP) is 2.20. The molecule has 0 saturated heterocycles. The quantitative estimate of drug-likeness (QED) is 0.548. The largest absolute Gasteiger partial charge is 0.494 e. The number of carbonyl (C=O) groups is 1. The zero-order valence-corrected chi connectivity index (χ0v) is 15.5. The Labute approximate surface area is 157 Å². The molecule has 0 spiro atoms. The maximum atomic E-state index is 12.1. The molecule has 0 bridgehead atoms. The molecule has 1 amide bonds. The second kappa shape index (κ2) is 7.75. The maximum Gasteiger partial charge on any atom is 0.231 e. The number of nitrogens with two attached hydrogens (primary N) is 1. The molecule has 0 fully saturated rings. The summed E-state index contributed by atoms with van der Waals surface area (Å²) in [5.41, 5.74) is 6.77. The summed E-state index contributed by atoms with van der Waals surface area (Å²) >= 11 is 0. The summed E-state index contributed by atoms with van der Waals surface area (Å²) in [6, 6.07) is 9.39. The van der Waals surface area contributed by atoms with Crippen LogP contribution in [0, 0.1) is 0 Å². The fourth-order valence-electron chi connectivity index (χ4n) is 2.48. The Kier molecular flexibility index (Phi) is 5.41. The number of benzene rings is 2. The number of amides is 1. The Balaban J connectivity index is 1.45. The first-order valence-corrected chi connectivity index (χ1v) is 10.1. The molecule has 3 N–H and O–H groups in total. The van der Waals surface area contributed by atoms with E-state index >= 15 is 0 Å². The van der Waals surface area contributed by atoms with E-state index in [0.717, 1.165) is 6.26 Å². The van der Waals surface area contributed by atoms with E-state index in [1.807, 2.05) is 0 Å². The van der Waals surface area contributed by atoms with Gasteiger partial charge in [-0.1, -0.05) is 0 Å². The van der Waals surface area contributed by atoms with Crippen LogP contribution in [0.1, 0.15) is 12.8 Å². The number of anilines is 2. The molecule has 2 aromatic rings. The molecule has 1 aliphatic heterocycles. The number of hydrogen-bond acceptors (Lipinski definition) is 7. The van der Waals surface area contributed by atoms with Gasteiger partial charge in [-0.15, -0.1) is 0 Å². The molecule has 0 atom stereocenters. The third-order valence-corrected chi connectivity index (χ3v) is 5.02. The Hall–Kier alpha value is -2.94. The minimum atomic E-state index is -3.23. The lowest BCUT2D eigenvalue weighted by molar-refractivity contribution is -0.116. The van der Waals surface area contributed by atoms with Gasteiger partial charge >= 0.3 is 0 Å². The Morgan fingerprint density at radius 2 is 1.85 bits per heavy atom. The van der Waals surface area contributed by atoms with Gasteiger partial charge < -0.3 is 25.3 Å². The number of ether oxygens (including phenoxy) is 3. The van der Waals surface area contributed by atoms with Crippen molar-refractivity contribution in [3.63, 3.8) is 0 Å². The lowest BCUT2D eigenvalue weighted by Crippen LogP contribution is -2.14. The van der Waals surface area contributed by atoms with Gasteiger partial charge in [0.15, 0.2) is 21.3 Å². The van der Waals surface area contributed by atoms with Crippen LogP contribution in [0.3, 0.4) is 0 Å². The maximum absolute atomic E-state index is 12.1. The smallest absolute Gasteiger partial charge is 0.231 e. The minimum Gasteiger partial charge on any atom is -0.494 e. The van der Waals surface area contributed by atoms with Crippen LogP contribution in [0.15, 0.2) is 41.3 Å². The minimum absolute atomic E-state index is 0.134. The Bertz CT molecular complexity index is 941. The average molecular weight is 392 g/mol. The number of rotatable bonds is 7. The van der Waals surface area contributed by atoms with Crippen molar-refractivity contribution >= 4 is 27.1 Å². The van der Waals surface area contributed by atoms with E-state index in [2.05, 4.69) is 5.32 Å². The number of nitrogen functional groups attached to an aromatic ring is 1. The monoisotopic (exact) mass is 392 g/mol. The molecule has 144 valence electrons. The highest BCUT2D eigenvalue weighted by molar-refractivity contribution is 7.90. The number of hydrogen-bond donors (Lipinski definition) is 2. The fourth-order valence-corrected chi connectivity index (χ4v) is 3.11. The third-order valence-electron chi connectivity index (χ3n) is 3.89. The molecule has 8 nitrogen and oxygen atoms in total. The molecule has 0 aliphatic carbocycles. The molecule has 0 unspecified atom stereocenters. The zero-order chi connectivity index (χ0) is 19.4. The van der Waals surface area contributed by atoms with Gasteiger partial charge in [-0.05, 0) is 30.7 Å². The highest BCUT2D eigenvalue weighted by Gasteiger charge is 2.17. The zero-order valence-electron chi connectivity index (χ0n) is 14.7. The first kappa shape index (κ1) is 18.8. The van der Waals surface area contributed by atoms with E-state index in [4.69, 9.17) is 19.9 Å². The summed E-state index contributed by atoms with van der Waals surface area (Å²) in [5.74, 6) is 1.44. The summed E-state index contributed by atoms with van der Waals surface area (Å²) in [6.07, 6.45) is 1.88. The molecular weight excluding hydrogens is 372 g/mol. The fraction of sp³-hybridized carbons (Fsp3) is 0.278. The first-order chi connectivity index (χ1) is 12.8. The van der Waals surface area contributed by atoms with Crippen molar-refractivity contribution in [1.29, 1.82) is 0 Å². The van der Waals surface area contributed by atoms with E-state index < -0.39 is 9.84 Å². The summed E-state index contributed by atoms with van der Waals surface area (Å²) in [7, 11) is -3.23. The third kappa shape index (κ3) is 4.82. The van der Waals surface area contributed by atoms with Gasteiger partial charge in [0.2, 0.25) is 12.7 Å². The number of sulfone groups is 1. The summed E-state index contributed by atoms with van der Waals surface area (Å²) in [6.45, 7) is 0.455. The number of carbonyl (C=O) groups excluding carboxylic acids is 1. The summed E-state index contributed by atoms with van der Waals surface area (Å²) in [4.78, 5) is 12.3. The van der Waals surface area contributed by atoms with E-state index in [-0.39, 0.29) is 24.0 Å².